The summed E-state index contributed by atoms with van der Waals surface area (Å²) in [6, 6.07) is 9.07. The van der Waals surface area contributed by atoms with Crippen LogP contribution in [0.2, 0.25) is 0 Å². The minimum absolute atomic E-state index is 0.221. The number of nitrogens with one attached hydrogen (secondary N) is 1. The molecular formula is C25H32N8O2. The molecule has 0 aliphatic carbocycles. The Bertz CT molecular complexity index is 1320. The van der Waals surface area contributed by atoms with Gasteiger partial charge in [0, 0.05) is 43.0 Å². The Hall–Kier alpha value is -3.63. The van der Waals surface area contributed by atoms with Crippen LogP contribution < -0.4 is 15.8 Å². The fourth-order valence-corrected chi connectivity index (χ4v) is 4.49. The van der Waals surface area contributed by atoms with E-state index in [9.17, 15) is 0 Å². The molecule has 1 saturated heterocycles. The van der Waals surface area contributed by atoms with Crippen LogP contribution in [-0.4, -0.2) is 69.8 Å². The number of nitrogen functional groups attached to an aromatic ring is 1. The molecule has 1 aliphatic rings. The maximum atomic E-state index is 5.98. The van der Waals surface area contributed by atoms with Crippen LogP contribution >= 0.6 is 0 Å². The van der Waals surface area contributed by atoms with Gasteiger partial charge < -0.3 is 29.8 Å². The normalized spacial score (nSPS) is 14.5. The number of hydrogen-bond donors (Lipinski definition) is 2. The van der Waals surface area contributed by atoms with Gasteiger partial charge in [0.15, 0.2) is 5.82 Å². The molecule has 0 unspecified atom stereocenters. The van der Waals surface area contributed by atoms with Crippen molar-refractivity contribution in [2.75, 3.05) is 45.3 Å². The first-order chi connectivity index (χ1) is 16.9. The molecule has 0 atom stereocenters. The summed E-state index contributed by atoms with van der Waals surface area (Å²) in [6.07, 6.45) is 3.63. The molecule has 10 heteroatoms. The highest BCUT2D eigenvalue weighted by Gasteiger charge is 2.28. The summed E-state index contributed by atoms with van der Waals surface area (Å²) in [5.74, 6) is 1.75. The van der Waals surface area contributed by atoms with E-state index in [0.29, 0.717) is 24.9 Å². The largest absolute Gasteiger partial charge is 0.496 e. The Morgan fingerprint density at radius 2 is 2.03 bits per heavy atom. The Morgan fingerprint density at radius 3 is 2.74 bits per heavy atom. The summed E-state index contributed by atoms with van der Waals surface area (Å²) in [7, 11) is 6.00. The van der Waals surface area contributed by atoms with E-state index in [1.165, 1.54) is 5.56 Å². The van der Waals surface area contributed by atoms with E-state index >= 15 is 0 Å². The number of hydrogen-bond acceptors (Lipinski definition) is 9. The van der Waals surface area contributed by atoms with E-state index in [2.05, 4.69) is 67.1 Å². The molecule has 35 heavy (non-hydrogen) atoms. The van der Waals surface area contributed by atoms with Crippen molar-refractivity contribution in [3.05, 3.63) is 59.1 Å². The Labute approximate surface area is 204 Å². The van der Waals surface area contributed by atoms with Crippen molar-refractivity contribution in [2.45, 2.75) is 32.6 Å². The summed E-state index contributed by atoms with van der Waals surface area (Å²) in [5, 5.41) is 7.40. The van der Waals surface area contributed by atoms with Gasteiger partial charge in [-0.2, -0.15) is 4.98 Å². The van der Waals surface area contributed by atoms with E-state index in [-0.39, 0.29) is 5.95 Å². The predicted molar refractivity (Wildman–Crippen MR) is 135 cm³/mol. The molecule has 0 amide bonds. The van der Waals surface area contributed by atoms with Crippen molar-refractivity contribution in [1.29, 1.82) is 0 Å². The number of nitrogens with zero attached hydrogens (tertiary/aromatic N) is 6. The van der Waals surface area contributed by atoms with Gasteiger partial charge in [-0.05, 0) is 38.7 Å². The molecule has 0 bridgehead atoms. The second-order valence-electron chi connectivity index (χ2n) is 9.36. The molecule has 1 aliphatic heterocycles. The van der Waals surface area contributed by atoms with E-state index in [4.69, 9.17) is 15.0 Å². The number of likely N-dealkylation sites (tertiary alicyclic amines) is 1. The van der Waals surface area contributed by atoms with E-state index in [1.54, 1.807) is 13.4 Å². The number of anilines is 2. The smallest absolute Gasteiger partial charge is 0.222 e. The Balaban J connectivity index is 1.36. The van der Waals surface area contributed by atoms with Gasteiger partial charge >= 0.3 is 0 Å². The topological polar surface area (TPSA) is 110 Å². The van der Waals surface area contributed by atoms with Crippen LogP contribution in [-0.2, 0) is 19.6 Å². The number of nitrogens with two attached hydrogens (primary N) is 1. The van der Waals surface area contributed by atoms with Gasteiger partial charge in [0.25, 0.3) is 0 Å². The molecule has 0 spiro atoms. The van der Waals surface area contributed by atoms with Crippen molar-refractivity contribution < 1.29 is 9.26 Å². The molecule has 10 nitrogen and oxygen atoms in total. The highest BCUT2D eigenvalue weighted by atomic mass is 16.5. The number of methoxy groups -OCH3 is 1. The fraction of sp³-hybridized carbons (Fsp3) is 0.400. The predicted octanol–water partition coefficient (Wildman–Crippen LogP) is 2.72. The van der Waals surface area contributed by atoms with E-state index in [1.807, 2.05) is 19.2 Å². The summed E-state index contributed by atoms with van der Waals surface area (Å²) >= 11 is 0. The number of rotatable bonds is 9. The number of likely N-dealkylation sites (N-methyl/N-ethyl adjacent to an activating group) is 1. The lowest BCUT2D eigenvalue weighted by Gasteiger charge is -2.42. The third-order valence-electron chi connectivity index (χ3n) is 6.67. The molecule has 1 aromatic carbocycles. The maximum absolute atomic E-state index is 5.98. The first-order valence-electron chi connectivity index (χ1n) is 11.7. The Morgan fingerprint density at radius 1 is 1.20 bits per heavy atom. The maximum Gasteiger partial charge on any atom is 0.222 e. The van der Waals surface area contributed by atoms with Crippen LogP contribution in [0.25, 0.3) is 11.0 Å². The van der Waals surface area contributed by atoms with Crippen molar-refractivity contribution in [2.24, 2.45) is 0 Å². The van der Waals surface area contributed by atoms with Gasteiger partial charge in [0.2, 0.25) is 5.95 Å². The van der Waals surface area contributed by atoms with Crippen molar-refractivity contribution >= 4 is 22.8 Å². The highest BCUT2D eigenvalue weighted by Crippen LogP contribution is 2.28. The monoisotopic (exact) mass is 476 g/mol. The van der Waals surface area contributed by atoms with Crippen molar-refractivity contribution in [1.82, 2.24) is 29.5 Å². The van der Waals surface area contributed by atoms with Gasteiger partial charge in [-0.1, -0.05) is 17.3 Å². The van der Waals surface area contributed by atoms with Crippen LogP contribution in [0.15, 0.2) is 41.2 Å². The van der Waals surface area contributed by atoms with Gasteiger partial charge in [0.05, 0.1) is 25.7 Å². The zero-order valence-electron chi connectivity index (χ0n) is 20.7. The summed E-state index contributed by atoms with van der Waals surface area (Å²) < 4.78 is 12.9. The van der Waals surface area contributed by atoms with Gasteiger partial charge in [-0.25, -0.2) is 4.98 Å². The van der Waals surface area contributed by atoms with Crippen molar-refractivity contribution in [3.8, 4) is 5.75 Å². The zero-order valence-corrected chi connectivity index (χ0v) is 20.7. The van der Waals surface area contributed by atoms with Crippen LogP contribution in [0, 0.1) is 6.92 Å². The van der Waals surface area contributed by atoms with E-state index < -0.39 is 0 Å². The molecule has 0 saturated carbocycles. The molecule has 1 fully saturated rings. The van der Waals surface area contributed by atoms with Gasteiger partial charge in [-0.3, -0.25) is 4.90 Å². The molecular weight excluding hydrogens is 444 g/mol. The van der Waals surface area contributed by atoms with Crippen LogP contribution in [0.1, 0.15) is 22.4 Å². The number of aromatic nitrogens is 4. The molecule has 184 valence electrons. The van der Waals surface area contributed by atoms with E-state index in [0.717, 1.165) is 53.2 Å². The molecule has 0 radical (unpaired) electrons. The number of benzene rings is 1. The second-order valence-corrected chi connectivity index (χ2v) is 9.36. The molecule has 4 aromatic rings. The first-order valence-corrected chi connectivity index (χ1v) is 11.7. The van der Waals surface area contributed by atoms with Crippen LogP contribution in [0.3, 0.4) is 0 Å². The first kappa shape index (κ1) is 23.1. The fourth-order valence-electron chi connectivity index (χ4n) is 4.49. The third kappa shape index (κ3) is 4.80. The van der Waals surface area contributed by atoms with Gasteiger partial charge in [-0.15, -0.1) is 0 Å². The SMILES string of the molecule is COc1cc(CN2CC(N(C)C)C2)ccc1Cn1ccc2nc(N)nc(NCc3nocc3C)c21. The minimum Gasteiger partial charge on any atom is -0.496 e. The average Bonchev–Trinajstić information content (AvgIpc) is 3.40. The zero-order chi connectivity index (χ0) is 24.5. The summed E-state index contributed by atoms with van der Waals surface area (Å²) in [6.45, 7) is 6.17. The standard InChI is InChI=1S/C25H32N8O2/c1-16-15-35-30-21(16)10-27-24-23-20(28-25(26)29-24)7-8-33(23)12-18-6-5-17(9-22(18)34-4)11-32-13-19(14-32)31(2)3/h5-9,15,19H,10-14H2,1-4H3,(H3,26,27,28,29). The number of ether oxygens (including phenoxy) is 1. The molecule has 4 heterocycles. The lowest BCUT2D eigenvalue weighted by atomic mass is 10.0. The van der Waals surface area contributed by atoms with Crippen LogP contribution in [0.5, 0.6) is 5.75 Å². The van der Waals surface area contributed by atoms with Gasteiger partial charge in [0.1, 0.15) is 23.2 Å². The third-order valence-corrected chi connectivity index (χ3v) is 6.67. The lowest BCUT2D eigenvalue weighted by molar-refractivity contribution is 0.0573. The number of aryl methyl sites for hydroxylation is 1. The summed E-state index contributed by atoms with van der Waals surface area (Å²) in [5.41, 5.74) is 11.8. The minimum atomic E-state index is 0.221. The molecule has 3 N–H and O–H groups in total. The second kappa shape index (κ2) is 9.55. The highest BCUT2D eigenvalue weighted by molar-refractivity contribution is 5.87. The quantitative estimate of drug-likeness (QED) is 0.377. The summed E-state index contributed by atoms with van der Waals surface area (Å²) in [4.78, 5) is 13.6. The number of fused-ring (bicyclic) bond motifs is 1. The average molecular weight is 477 g/mol. The van der Waals surface area contributed by atoms with Crippen LogP contribution in [0.4, 0.5) is 11.8 Å². The Kier molecular flexibility index (Phi) is 6.31. The molecule has 5 rings (SSSR count). The molecule has 3 aromatic heterocycles. The van der Waals surface area contributed by atoms with Crippen molar-refractivity contribution in [3.63, 3.8) is 0 Å². The lowest BCUT2D eigenvalue weighted by Crippen LogP contribution is -2.56.